The van der Waals surface area contributed by atoms with E-state index in [1.54, 1.807) is 22.7 Å². The van der Waals surface area contributed by atoms with Gasteiger partial charge >= 0.3 is 5.97 Å². The summed E-state index contributed by atoms with van der Waals surface area (Å²) in [5.74, 6) is -0.797. The number of thiazole rings is 1. The van der Waals surface area contributed by atoms with Gasteiger partial charge in [0.25, 0.3) is 0 Å². The molecule has 0 radical (unpaired) electrons. The Morgan fingerprint density at radius 2 is 1.62 bits per heavy atom. The van der Waals surface area contributed by atoms with Crippen molar-refractivity contribution in [1.29, 1.82) is 0 Å². The fourth-order valence-corrected chi connectivity index (χ4v) is 4.65. The predicted octanol–water partition coefficient (Wildman–Crippen LogP) is 6.02. The number of thiophene rings is 1. The molecule has 0 aliphatic heterocycles. The monoisotopic (exact) mass is 420 g/mol. The summed E-state index contributed by atoms with van der Waals surface area (Å²) in [5.41, 5.74) is 4.33. The van der Waals surface area contributed by atoms with Crippen LogP contribution in [0.5, 0.6) is 0 Å². The summed E-state index contributed by atoms with van der Waals surface area (Å²) in [6.45, 7) is 1.11. The first-order valence-electron chi connectivity index (χ1n) is 9.29. The highest BCUT2D eigenvalue weighted by molar-refractivity contribution is 7.14. The van der Waals surface area contributed by atoms with Crippen molar-refractivity contribution in [2.45, 2.75) is 13.0 Å². The Morgan fingerprint density at radius 1 is 0.897 bits per heavy atom. The van der Waals surface area contributed by atoms with E-state index in [-0.39, 0.29) is 6.42 Å². The predicted molar refractivity (Wildman–Crippen MR) is 121 cm³/mol. The zero-order valence-electron chi connectivity index (χ0n) is 15.7. The van der Waals surface area contributed by atoms with Crippen LogP contribution in [0.1, 0.15) is 11.3 Å². The number of hydrogen-bond acceptors (Lipinski definition) is 5. The van der Waals surface area contributed by atoms with Gasteiger partial charge in [0.1, 0.15) is 0 Å². The van der Waals surface area contributed by atoms with E-state index in [4.69, 9.17) is 10.1 Å². The first-order chi connectivity index (χ1) is 14.2. The number of aliphatic carboxylic acids is 1. The molecule has 4 rings (SSSR count). The molecule has 4 nitrogen and oxygen atoms in total. The molecule has 0 saturated heterocycles. The van der Waals surface area contributed by atoms with Gasteiger partial charge in [0.15, 0.2) is 5.13 Å². The molecule has 6 heteroatoms. The molecule has 29 heavy (non-hydrogen) atoms. The Hall–Kier alpha value is -2.96. The summed E-state index contributed by atoms with van der Waals surface area (Å²) in [7, 11) is 0. The van der Waals surface area contributed by atoms with Gasteiger partial charge in [-0.3, -0.25) is 4.79 Å². The maximum atomic E-state index is 11.1. The lowest BCUT2D eigenvalue weighted by Gasteiger charge is -2.20. The third kappa shape index (κ3) is 4.91. The fourth-order valence-electron chi connectivity index (χ4n) is 3.07. The van der Waals surface area contributed by atoms with Gasteiger partial charge in [0, 0.05) is 22.4 Å². The van der Waals surface area contributed by atoms with Gasteiger partial charge in [0.05, 0.1) is 18.7 Å². The highest BCUT2D eigenvalue weighted by Crippen LogP contribution is 2.30. The second-order valence-electron chi connectivity index (χ2n) is 6.60. The van der Waals surface area contributed by atoms with Crippen molar-refractivity contribution in [2.24, 2.45) is 0 Å². The number of benzene rings is 2. The highest BCUT2D eigenvalue weighted by atomic mass is 32.1. The topological polar surface area (TPSA) is 53.4 Å². The number of aromatic nitrogens is 1. The smallest absolute Gasteiger partial charge is 0.305 e. The van der Waals surface area contributed by atoms with Crippen molar-refractivity contribution in [3.63, 3.8) is 0 Å². The SMILES string of the molecule is O=C(O)CCN(Cc1cccs1)c1nc(-c2ccc(-c3ccccc3)cc2)cs1. The standard InChI is InChI=1S/C23H20N2O2S2/c26-22(27)12-13-25(15-20-7-4-14-28-20)23-24-21(16-29-23)19-10-8-18(9-11-19)17-5-2-1-3-6-17/h1-11,14,16H,12-13,15H2,(H,26,27). The van der Waals surface area contributed by atoms with Gasteiger partial charge in [-0.25, -0.2) is 4.98 Å². The summed E-state index contributed by atoms with van der Waals surface area (Å²) < 4.78 is 0. The second kappa shape index (κ2) is 9.03. The number of anilines is 1. The van der Waals surface area contributed by atoms with Crippen molar-refractivity contribution in [2.75, 3.05) is 11.4 Å². The Bertz CT molecular complexity index is 1060. The summed E-state index contributed by atoms with van der Waals surface area (Å²) >= 11 is 3.22. The minimum atomic E-state index is -0.797. The minimum absolute atomic E-state index is 0.0893. The van der Waals surface area contributed by atoms with Crippen LogP contribution in [0.15, 0.2) is 77.5 Å². The third-order valence-electron chi connectivity index (χ3n) is 4.57. The Labute approximate surface area is 177 Å². The zero-order valence-corrected chi connectivity index (χ0v) is 17.3. The maximum Gasteiger partial charge on any atom is 0.305 e. The van der Waals surface area contributed by atoms with E-state index >= 15 is 0 Å². The summed E-state index contributed by atoms with van der Waals surface area (Å²) in [6.07, 6.45) is 0.0893. The largest absolute Gasteiger partial charge is 0.481 e. The molecule has 2 heterocycles. The van der Waals surface area contributed by atoms with E-state index < -0.39 is 5.97 Å². The number of carboxylic acids is 1. The highest BCUT2D eigenvalue weighted by Gasteiger charge is 2.15. The first-order valence-corrected chi connectivity index (χ1v) is 11.1. The van der Waals surface area contributed by atoms with Gasteiger partial charge in [-0.05, 0) is 22.6 Å². The Morgan fingerprint density at radius 3 is 2.31 bits per heavy atom. The number of hydrogen-bond donors (Lipinski definition) is 1. The third-order valence-corrected chi connectivity index (χ3v) is 6.34. The molecule has 2 aromatic carbocycles. The van der Waals surface area contributed by atoms with Crippen LogP contribution in [0, 0.1) is 0 Å². The van der Waals surface area contributed by atoms with E-state index in [0.29, 0.717) is 13.1 Å². The Kier molecular flexibility index (Phi) is 6.03. The molecule has 0 aliphatic rings. The van der Waals surface area contributed by atoms with Gasteiger partial charge in [0.2, 0.25) is 0 Å². The van der Waals surface area contributed by atoms with Crippen LogP contribution in [-0.2, 0) is 11.3 Å². The average Bonchev–Trinajstić information content (AvgIpc) is 3.44. The molecule has 0 bridgehead atoms. The van der Waals surface area contributed by atoms with Gasteiger partial charge in [-0.1, -0.05) is 60.7 Å². The van der Waals surface area contributed by atoms with E-state index in [0.717, 1.165) is 16.4 Å². The first kappa shape index (κ1) is 19.4. The molecule has 146 valence electrons. The van der Waals surface area contributed by atoms with Crippen molar-refractivity contribution in [3.8, 4) is 22.4 Å². The van der Waals surface area contributed by atoms with Crippen molar-refractivity contribution >= 4 is 33.8 Å². The molecule has 2 aromatic heterocycles. The molecule has 1 N–H and O–H groups in total. The molecular weight excluding hydrogens is 400 g/mol. The molecule has 0 amide bonds. The molecule has 0 unspecified atom stereocenters. The van der Waals surface area contributed by atoms with E-state index in [1.807, 2.05) is 39.9 Å². The van der Waals surface area contributed by atoms with Crippen LogP contribution in [0.25, 0.3) is 22.4 Å². The zero-order chi connectivity index (χ0) is 20.1. The summed E-state index contributed by atoms with van der Waals surface area (Å²) in [4.78, 5) is 19.1. The quantitative estimate of drug-likeness (QED) is 0.379. The maximum absolute atomic E-state index is 11.1. The number of carboxylic acid groups (broad SMARTS) is 1. The van der Waals surface area contributed by atoms with E-state index in [9.17, 15) is 4.79 Å². The summed E-state index contributed by atoms with van der Waals surface area (Å²) in [5, 5.41) is 14.0. The number of rotatable bonds is 8. The Balaban J connectivity index is 1.54. The van der Waals surface area contributed by atoms with Gasteiger partial charge in [-0.15, -0.1) is 22.7 Å². The second-order valence-corrected chi connectivity index (χ2v) is 8.47. The van der Waals surface area contributed by atoms with E-state index in [1.165, 1.54) is 16.0 Å². The number of carbonyl (C=O) groups is 1. The molecule has 0 spiro atoms. The molecule has 0 fully saturated rings. The van der Waals surface area contributed by atoms with Crippen LogP contribution < -0.4 is 4.90 Å². The van der Waals surface area contributed by atoms with Crippen LogP contribution in [0.4, 0.5) is 5.13 Å². The fraction of sp³-hybridized carbons (Fsp3) is 0.130. The van der Waals surface area contributed by atoms with Crippen LogP contribution in [0.3, 0.4) is 0 Å². The van der Waals surface area contributed by atoms with Crippen LogP contribution >= 0.6 is 22.7 Å². The lowest BCUT2D eigenvalue weighted by Crippen LogP contribution is -2.25. The molecule has 0 atom stereocenters. The van der Waals surface area contributed by atoms with E-state index in [2.05, 4.69) is 42.5 Å². The van der Waals surface area contributed by atoms with Gasteiger partial charge < -0.3 is 10.0 Å². The molecule has 4 aromatic rings. The normalized spacial score (nSPS) is 10.8. The average molecular weight is 421 g/mol. The number of nitrogens with zero attached hydrogens (tertiary/aromatic N) is 2. The van der Waals surface area contributed by atoms with Crippen molar-refractivity contribution in [1.82, 2.24) is 4.98 Å². The van der Waals surface area contributed by atoms with Crippen LogP contribution in [-0.4, -0.2) is 22.6 Å². The molecular formula is C23H20N2O2S2. The minimum Gasteiger partial charge on any atom is -0.481 e. The lowest BCUT2D eigenvalue weighted by molar-refractivity contribution is -0.136. The molecule has 0 aliphatic carbocycles. The lowest BCUT2D eigenvalue weighted by atomic mass is 10.0. The van der Waals surface area contributed by atoms with Gasteiger partial charge in [-0.2, -0.15) is 0 Å². The summed E-state index contributed by atoms with van der Waals surface area (Å²) in [6, 6.07) is 22.7. The van der Waals surface area contributed by atoms with Crippen molar-refractivity contribution < 1.29 is 9.90 Å². The van der Waals surface area contributed by atoms with Crippen molar-refractivity contribution in [3.05, 3.63) is 82.4 Å². The van der Waals surface area contributed by atoms with Crippen LogP contribution in [0.2, 0.25) is 0 Å². The molecule has 0 saturated carbocycles.